The van der Waals surface area contributed by atoms with Crippen LogP contribution >= 0.6 is 0 Å². The van der Waals surface area contributed by atoms with Crippen LogP contribution in [0.4, 0.5) is 4.79 Å². The quantitative estimate of drug-likeness (QED) is 0.770. The second-order valence-corrected chi connectivity index (χ2v) is 5.73. The molecule has 6 heteroatoms. The van der Waals surface area contributed by atoms with Gasteiger partial charge in [-0.15, -0.1) is 0 Å². The number of aliphatic hydroxyl groups excluding tert-OH is 1. The van der Waals surface area contributed by atoms with Gasteiger partial charge in [-0.25, -0.2) is 4.79 Å². The largest absolute Gasteiger partial charge is 0.481 e. The molecule has 116 valence electrons. The van der Waals surface area contributed by atoms with Crippen LogP contribution in [0, 0.1) is 11.3 Å². The maximum absolute atomic E-state index is 12.4. The monoisotopic (exact) mass is 286 g/mol. The zero-order chi connectivity index (χ0) is 15.3. The number of amides is 2. The molecule has 0 aromatic rings. The number of carbonyl (C=O) groups excluding carboxylic acids is 1. The van der Waals surface area contributed by atoms with Crippen LogP contribution < -0.4 is 0 Å². The average Bonchev–Trinajstić information content (AvgIpc) is 2.85. The van der Waals surface area contributed by atoms with Crippen LogP contribution in [0.25, 0.3) is 0 Å². The van der Waals surface area contributed by atoms with Crippen molar-refractivity contribution < 1.29 is 19.8 Å². The van der Waals surface area contributed by atoms with E-state index in [1.165, 1.54) is 0 Å². The molecule has 0 aromatic carbocycles. The summed E-state index contributed by atoms with van der Waals surface area (Å²) in [5, 5.41) is 18.3. The van der Waals surface area contributed by atoms with Crippen molar-refractivity contribution >= 4 is 12.0 Å². The topological polar surface area (TPSA) is 81.1 Å². The van der Waals surface area contributed by atoms with Gasteiger partial charge in [0.25, 0.3) is 0 Å². The van der Waals surface area contributed by atoms with E-state index in [-0.39, 0.29) is 25.1 Å². The Balaban J connectivity index is 2.75. The van der Waals surface area contributed by atoms with E-state index in [1.807, 2.05) is 20.8 Å². The fourth-order valence-corrected chi connectivity index (χ4v) is 2.74. The summed E-state index contributed by atoms with van der Waals surface area (Å²) in [6.07, 6.45) is 1.05. The molecule has 0 aliphatic carbocycles. The maximum atomic E-state index is 12.4. The van der Waals surface area contributed by atoms with Gasteiger partial charge in [-0.3, -0.25) is 4.79 Å². The molecular weight excluding hydrogens is 260 g/mol. The molecule has 6 nitrogen and oxygen atoms in total. The third-order valence-corrected chi connectivity index (χ3v) is 4.34. The van der Waals surface area contributed by atoms with Gasteiger partial charge in [-0.1, -0.05) is 13.8 Å². The average molecular weight is 286 g/mol. The number of hydrogen-bond donors (Lipinski definition) is 2. The first-order valence-electron chi connectivity index (χ1n) is 7.27. The van der Waals surface area contributed by atoms with Crippen molar-refractivity contribution in [2.24, 2.45) is 11.3 Å². The predicted octanol–water partition coefficient (Wildman–Crippen LogP) is 1.24. The summed E-state index contributed by atoms with van der Waals surface area (Å²) < 4.78 is 0. The molecule has 0 radical (unpaired) electrons. The van der Waals surface area contributed by atoms with Gasteiger partial charge < -0.3 is 20.0 Å². The summed E-state index contributed by atoms with van der Waals surface area (Å²) in [5.74, 6) is -0.827. The van der Waals surface area contributed by atoms with Crippen molar-refractivity contribution in [3.63, 3.8) is 0 Å². The van der Waals surface area contributed by atoms with Crippen molar-refractivity contribution in [3.8, 4) is 0 Å². The SMILES string of the molecule is CCN(CCCO)C(=O)N1CCC(C(=O)O)(C(C)C)C1. The van der Waals surface area contributed by atoms with Crippen molar-refractivity contribution in [1.82, 2.24) is 9.80 Å². The van der Waals surface area contributed by atoms with Gasteiger partial charge in [0.2, 0.25) is 0 Å². The third-order valence-electron chi connectivity index (χ3n) is 4.34. The Morgan fingerprint density at radius 3 is 2.45 bits per heavy atom. The number of aliphatic carboxylic acids is 1. The van der Waals surface area contributed by atoms with E-state index in [0.717, 1.165) is 0 Å². The van der Waals surface area contributed by atoms with Gasteiger partial charge in [0, 0.05) is 32.8 Å². The summed E-state index contributed by atoms with van der Waals surface area (Å²) >= 11 is 0. The molecule has 1 saturated heterocycles. The van der Waals surface area contributed by atoms with E-state index in [9.17, 15) is 14.7 Å². The molecule has 0 bridgehead atoms. The second-order valence-electron chi connectivity index (χ2n) is 5.73. The van der Waals surface area contributed by atoms with Gasteiger partial charge in [-0.05, 0) is 25.7 Å². The third kappa shape index (κ3) is 3.23. The van der Waals surface area contributed by atoms with E-state index in [4.69, 9.17) is 5.11 Å². The molecule has 1 heterocycles. The standard InChI is InChI=1S/C14H26N2O4/c1-4-15(7-5-9-17)13(20)16-8-6-14(10-16,11(2)3)12(18)19/h11,17H,4-10H2,1-3H3,(H,18,19). The van der Waals surface area contributed by atoms with Crippen LogP contribution in [-0.2, 0) is 4.79 Å². The maximum Gasteiger partial charge on any atom is 0.320 e. The van der Waals surface area contributed by atoms with Crippen molar-refractivity contribution in [1.29, 1.82) is 0 Å². The molecule has 20 heavy (non-hydrogen) atoms. The number of hydrogen-bond acceptors (Lipinski definition) is 3. The number of nitrogens with zero attached hydrogens (tertiary/aromatic N) is 2. The minimum atomic E-state index is -0.827. The molecule has 1 aliphatic rings. The van der Waals surface area contributed by atoms with Gasteiger partial charge >= 0.3 is 12.0 Å². The summed E-state index contributed by atoms with van der Waals surface area (Å²) in [6.45, 7) is 7.55. The van der Waals surface area contributed by atoms with E-state index >= 15 is 0 Å². The van der Waals surface area contributed by atoms with Crippen LogP contribution in [-0.4, -0.2) is 64.8 Å². The van der Waals surface area contributed by atoms with Gasteiger partial charge in [0.1, 0.15) is 0 Å². The molecule has 0 aromatic heterocycles. The first-order valence-corrected chi connectivity index (χ1v) is 7.27. The lowest BCUT2D eigenvalue weighted by atomic mass is 9.76. The minimum absolute atomic E-state index is 0.00896. The summed E-state index contributed by atoms with van der Waals surface area (Å²) in [7, 11) is 0. The molecule has 1 fully saturated rings. The van der Waals surface area contributed by atoms with Crippen molar-refractivity contribution in [2.45, 2.75) is 33.6 Å². The van der Waals surface area contributed by atoms with Crippen molar-refractivity contribution in [2.75, 3.05) is 32.8 Å². The smallest absolute Gasteiger partial charge is 0.320 e. The van der Waals surface area contributed by atoms with Crippen LogP contribution in [0.2, 0.25) is 0 Å². The lowest BCUT2D eigenvalue weighted by molar-refractivity contribution is -0.150. The normalized spacial score (nSPS) is 22.4. The highest BCUT2D eigenvalue weighted by Crippen LogP contribution is 2.38. The number of likely N-dealkylation sites (tertiary alicyclic amines) is 1. The van der Waals surface area contributed by atoms with E-state index in [2.05, 4.69) is 0 Å². The molecule has 1 aliphatic heterocycles. The molecule has 1 unspecified atom stereocenters. The highest BCUT2D eigenvalue weighted by molar-refractivity contribution is 5.80. The number of aliphatic hydroxyl groups is 1. The Hall–Kier alpha value is -1.30. The number of urea groups is 1. The Bertz CT molecular complexity index is 359. The molecule has 0 saturated carbocycles. The van der Waals surface area contributed by atoms with Gasteiger partial charge in [0.05, 0.1) is 5.41 Å². The molecule has 1 rings (SSSR count). The first kappa shape index (κ1) is 16.8. The summed E-state index contributed by atoms with van der Waals surface area (Å²) in [4.78, 5) is 27.2. The molecule has 0 spiro atoms. The summed E-state index contributed by atoms with van der Waals surface area (Å²) in [6, 6.07) is -0.121. The second kappa shape index (κ2) is 6.92. The number of rotatable bonds is 6. The molecular formula is C14H26N2O4. The number of carboxylic acids is 1. The Kier molecular flexibility index (Phi) is 5.80. The van der Waals surface area contributed by atoms with Crippen LogP contribution in [0.15, 0.2) is 0 Å². The molecule has 2 amide bonds. The first-order chi connectivity index (χ1) is 9.39. The van der Waals surface area contributed by atoms with Crippen LogP contribution in [0.1, 0.15) is 33.6 Å². The Morgan fingerprint density at radius 1 is 1.40 bits per heavy atom. The zero-order valence-corrected chi connectivity index (χ0v) is 12.6. The zero-order valence-electron chi connectivity index (χ0n) is 12.6. The van der Waals surface area contributed by atoms with E-state index in [0.29, 0.717) is 32.5 Å². The Labute approximate surface area is 120 Å². The Morgan fingerprint density at radius 2 is 2.05 bits per heavy atom. The van der Waals surface area contributed by atoms with Crippen LogP contribution in [0.3, 0.4) is 0 Å². The molecule has 2 N–H and O–H groups in total. The highest BCUT2D eigenvalue weighted by atomic mass is 16.4. The number of carboxylic acid groups (broad SMARTS) is 1. The minimum Gasteiger partial charge on any atom is -0.481 e. The van der Waals surface area contributed by atoms with E-state index < -0.39 is 11.4 Å². The fraction of sp³-hybridized carbons (Fsp3) is 0.857. The highest BCUT2D eigenvalue weighted by Gasteiger charge is 2.48. The fourth-order valence-electron chi connectivity index (χ4n) is 2.74. The van der Waals surface area contributed by atoms with Gasteiger partial charge in [0.15, 0.2) is 0 Å². The summed E-state index contributed by atoms with van der Waals surface area (Å²) in [5.41, 5.74) is -0.827. The predicted molar refractivity (Wildman–Crippen MR) is 75.4 cm³/mol. The molecule has 1 atom stereocenters. The van der Waals surface area contributed by atoms with E-state index in [1.54, 1.807) is 9.80 Å². The van der Waals surface area contributed by atoms with Crippen LogP contribution in [0.5, 0.6) is 0 Å². The van der Waals surface area contributed by atoms with Crippen molar-refractivity contribution in [3.05, 3.63) is 0 Å². The number of carbonyl (C=O) groups is 2. The van der Waals surface area contributed by atoms with Gasteiger partial charge in [-0.2, -0.15) is 0 Å². The lowest BCUT2D eigenvalue weighted by Crippen LogP contribution is -2.45. The lowest BCUT2D eigenvalue weighted by Gasteiger charge is -2.31.